The first-order valence-corrected chi connectivity index (χ1v) is 6.82. The van der Waals surface area contributed by atoms with Crippen LogP contribution in [0.3, 0.4) is 0 Å². The number of benzene rings is 2. The van der Waals surface area contributed by atoms with E-state index in [1.165, 1.54) is 45.6 Å². The molecule has 0 N–H and O–H groups in total. The van der Waals surface area contributed by atoms with Crippen molar-refractivity contribution in [3.05, 3.63) is 47.8 Å². The molecule has 0 saturated carbocycles. The molecule has 0 heterocycles. The van der Waals surface area contributed by atoms with E-state index in [9.17, 15) is 9.18 Å². The summed E-state index contributed by atoms with van der Waals surface area (Å²) in [6.07, 6.45) is 0.00803. The molecule has 0 amide bonds. The van der Waals surface area contributed by atoms with Gasteiger partial charge in [0.05, 0.1) is 27.8 Å². The van der Waals surface area contributed by atoms with Gasteiger partial charge in [0.15, 0.2) is 11.5 Å². The van der Waals surface area contributed by atoms with E-state index in [0.717, 1.165) is 0 Å². The van der Waals surface area contributed by atoms with Crippen LogP contribution in [-0.4, -0.2) is 27.3 Å². The van der Waals surface area contributed by atoms with E-state index < -0.39 is 11.8 Å². The van der Waals surface area contributed by atoms with Gasteiger partial charge in [0.2, 0.25) is 5.75 Å². The van der Waals surface area contributed by atoms with E-state index in [1.54, 1.807) is 12.1 Å². The van der Waals surface area contributed by atoms with Crippen LogP contribution in [-0.2, 0) is 11.2 Å². The molecule has 2 rings (SSSR count). The highest BCUT2D eigenvalue weighted by Crippen LogP contribution is 2.38. The second kappa shape index (κ2) is 7.49. The standard InChI is InChI=1S/C17H17FO5/c1-20-14-8-11(9-15(21-2)17(14)22-3)10-16(19)23-13-6-4-12(18)5-7-13/h4-9H,10H2,1-3H3. The first kappa shape index (κ1) is 16.6. The maximum absolute atomic E-state index is 12.8. The van der Waals surface area contributed by atoms with Crippen molar-refractivity contribution in [2.75, 3.05) is 21.3 Å². The summed E-state index contributed by atoms with van der Waals surface area (Å²) >= 11 is 0. The van der Waals surface area contributed by atoms with Gasteiger partial charge < -0.3 is 18.9 Å². The van der Waals surface area contributed by atoms with Gasteiger partial charge in [0, 0.05) is 0 Å². The molecule has 0 aliphatic heterocycles. The molecule has 0 aliphatic carbocycles. The highest BCUT2D eigenvalue weighted by Gasteiger charge is 2.15. The number of carbonyl (C=O) groups excluding carboxylic acids is 1. The molecule has 0 radical (unpaired) electrons. The lowest BCUT2D eigenvalue weighted by Gasteiger charge is -2.14. The lowest BCUT2D eigenvalue weighted by atomic mass is 10.1. The summed E-state index contributed by atoms with van der Waals surface area (Å²) in [5, 5.41) is 0. The molecule has 0 fully saturated rings. The number of ether oxygens (including phenoxy) is 4. The Bertz CT molecular complexity index is 657. The van der Waals surface area contributed by atoms with Crippen molar-refractivity contribution >= 4 is 5.97 Å². The molecule has 0 bridgehead atoms. The Hall–Kier alpha value is -2.76. The number of halogens is 1. The van der Waals surface area contributed by atoms with Gasteiger partial charge in [-0.05, 0) is 42.0 Å². The quantitative estimate of drug-likeness (QED) is 0.605. The molecule has 0 aliphatic rings. The van der Waals surface area contributed by atoms with Crippen LogP contribution in [0.15, 0.2) is 36.4 Å². The summed E-state index contributed by atoms with van der Waals surface area (Å²) in [5.74, 6) is 0.766. The highest BCUT2D eigenvalue weighted by molar-refractivity contribution is 5.76. The summed E-state index contributed by atoms with van der Waals surface area (Å²) in [7, 11) is 4.50. The third-order valence-electron chi connectivity index (χ3n) is 3.12. The zero-order valence-corrected chi connectivity index (χ0v) is 13.1. The minimum Gasteiger partial charge on any atom is -0.493 e. The molecule has 0 aromatic heterocycles. The average molecular weight is 320 g/mol. The van der Waals surface area contributed by atoms with Crippen LogP contribution in [0.4, 0.5) is 4.39 Å². The molecule has 2 aromatic rings. The molecule has 122 valence electrons. The summed E-state index contributed by atoms with van der Waals surface area (Å²) in [5.41, 5.74) is 0.645. The fraction of sp³-hybridized carbons (Fsp3) is 0.235. The summed E-state index contributed by atoms with van der Waals surface area (Å²) in [6, 6.07) is 8.58. The van der Waals surface area contributed by atoms with Crippen molar-refractivity contribution in [2.45, 2.75) is 6.42 Å². The number of methoxy groups -OCH3 is 3. The second-order valence-corrected chi connectivity index (χ2v) is 4.64. The Morgan fingerprint density at radius 1 is 0.957 bits per heavy atom. The maximum Gasteiger partial charge on any atom is 0.315 e. The lowest BCUT2D eigenvalue weighted by Crippen LogP contribution is -2.11. The average Bonchev–Trinajstić information content (AvgIpc) is 2.55. The minimum atomic E-state index is -0.481. The molecule has 2 aromatic carbocycles. The first-order valence-electron chi connectivity index (χ1n) is 6.82. The normalized spacial score (nSPS) is 10.1. The van der Waals surface area contributed by atoms with Gasteiger partial charge in [-0.25, -0.2) is 4.39 Å². The van der Waals surface area contributed by atoms with E-state index in [2.05, 4.69) is 0 Å². The molecule has 0 atom stereocenters. The number of hydrogen-bond acceptors (Lipinski definition) is 5. The topological polar surface area (TPSA) is 54.0 Å². The molecule has 0 saturated heterocycles. The molecule has 0 spiro atoms. The predicted molar refractivity (Wildman–Crippen MR) is 81.8 cm³/mol. The monoisotopic (exact) mass is 320 g/mol. The SMILES string of the molecule is COc1cc(CC(=O)Oc2ccc(F)cc2)cc(OC)c1OC. The third kappa shape index (κ3) is 4.12. The van der Waals surface area contributed by atoms with Crippen molar-refractivity contribution < 1.29 is 28.1 Å². The molecule has 5 nitrogen and oxygen atoms in total. The van der Waals surface area contributed by atoms with Gasteiger partial charge in [-0.15, -0.1) is 0 Å². The molecule has 0 unspecified atom stereocenters. The zero-order valence-electron chi connectivity index (χ0n) is 13.1. The van der Waals surface area contributed by atoms with Crippen molar-refractivity contribution in [2.24, 2.45) is 0 Å². The molecular formula is C17H17FO5. The number of hydrogen-bond donors (Lipinski definition) is 0. The fourth-order valence-corrected chi connectivity index (χ4v) is 2.07. The van der Waals surface area contributed by atoms with Gasteiger partial charge in [0.25, 0.3) is 0 Å². The largest absolute Gasteiger partial charge is 0.493 e. The van der Waals surface area contributed by atoms with Crippen LogP contribution >= 0.6 is 0 Å². The second-order valence-electron chi connectivity index (χ2n) is 4.64. The lowest BCUT2D eigenvalue weighted by molar-refractivity contribution is -0.133. The van der Waals surface area contributed by atoms with Gasteiger partial charge in [0.1, 0.15) is 11.6 Å². The summed E-state index contributed by atoms with van der Waals surface area (Å²) in [6.45, 7) is 0. The van der Waals surface area contributed by atoms with Crippen LogP contribution < -0.4 is 18.9 Å². The van der Waals surface area contributed by atoms with Crippen LogP contribution in [0, 0.1) is 5.82 Å². The summed E-state index contributed by atoms with van der Waals surface area (Å²) < 4.78 is 33.7. The van der Waals surface area contributed by atoms with E-state index in [-0.39, 0.29) is 12.2 Å². The maximum atomic E-state index is 12.8. The Labute approximate surface area is 133 Å². The van der Waals surface area contributed by atoms with Crippen LogP contribution in [0.5, 0.6) is 23.0 Å². The Morgan fingerprint density at radius 3 is 2.00 bits per heavy atom. The third-order valence-corrected chi connectivity index (χ3v) is 3.12. The summed E-state index contributed by atoms with van der Waals surface area (Å²) in [4.78, 5) is 12.0. The molecular weight excluding hydrogens is 303 g/mol. The molecule has 23 heavy (non-hydrogen) atoms. The van der Waals surface area contributed by atoms with Crippen LogP contribution in [0.1, 0.15) is 5.56 Å². The van der Waals surface area contributed by atoms with Gasteiger partial charge >= 0.3 is 5.97 Å². The van der Waals surface area contributed by atoms with Crippen molar-refractivity contribution in [1.82, 2.24) is 0 Å². The predicted octanol–water partition coefficient (Wildman–Crippen LogP) is 3.00. The van der Waals surface area contributed by atoms with Crippen molar-refractivity contribution in [1.29, 1.82) is 0 Å². The van der Waals surface area contributed by atoms with Crippen molar-refractivity contribution in [3.8, 4) is 23.0 Å². The number of rotatable bonds is 6. The number of carbonyl (C=O) groups is 1. The Kier molecular flexibility index (Phi) is 5.41. The fourth-order valence-electron chi connectivity index (χ4n) is 2.07. The van der Waals surface area contributed by atoms with Gasteiger partial charge in [-0.2, -0.15) is 0 Å². The first-order chi connectivity index (χ1) is 11.1. The Morgan fingerprint density at radius 2 is 1.52 bits per heavy atom. The molecule has 6 heteroatoms. The van der Waals surface area contributed by atoms with Gasteiger partial charge in [-0.1, -0.05) is 0 Å². The number of esters is 1. The smallest absolute Gasteiger partial charge is 0.315 e. The van der Waals surface area contributed by atoms with Crippen molar-refractivity contribution in [3.63, 3.8) is 0 Å². The Balaban J connectivity index is 2.15. The van der Waals surface area contributed by atoms with Crippen LogP contribution in [0.25, 0.3) is 0 Å². The minimum absolute atomic E-state index is 0.00803. The van der Waals surface area contributed by atoms with E-state index in [1.807, 2.05) is 0 Å². The van der Waals surface area contributed by atoms with E-state index in [4.69, 9.17) is 18.9 Å². The van der Waals surface area contributed by atoms with Crippen LogP contribution in [0.2, 0.25) is 0 Å². The van der Waals surface area contributed by atoms with Gasteiger partial charge in [-0.3, -0.25) is 4.79 Å². The van der Waals surface area contributed by atoms with E-state index >= 15 is 0 Å². The van der Waals surface area contributed by atoms with E-state index in [0.29, 0.717) is 22.8 Å². The highest BCUT2D eigenvalue weighted by atomic mass is 19.1. The zero-order chi connectivity index (χ0) is 16.8.